The van der Waals surface area contributed by atoms with Crippen LogP contribution in [-0.4, -0.2) is 51.1 Å². The van der Waals surface area contributed by atoms with Crippen LogP contribution in [0.15, 0.2) is 29.5 Å². The first kappa shape index (κ1) is 18.2. The Morgan fingerprint density at radius 1 is 1.21 bits per heavy atom. The second-order valence-corrected chi connectivity index (χ2v) is 6.24. The lowest BCUT2D eigenvalue weighted by atomic mass is 10.6. The molecule has 0 atom stereocenters. The maximum atomic E-state index is 11.0. The molecule has 1 aromatic heterocycles. The molecule has 0 spiro atoms. The van der Waals surface area contributed by atoms with Crippen molar-refractivity contribution in [2.75, 3.05) is 32.1 Å². The molecule has 0 saturated carbocycles. The number of sulfone groups is 1. The summed E-state index contributed by atoms with van der Waals surface area (Å²) in [4.78, 5) is 4.02. The van der Waals surface area contributed by atoms with E-state index in [1.807, 2.05) is 24.5 Å². The number of nitrogens with zero attached hydrogens (tertiary/aromatic N) is 2. The number of guanidine groups is 1. The van der Waals surface area contributed by atoms with Gasteiger partial charge in [-0.3, -0.25) is 4.99 Å². The number of nitrogens with one attached hydrogen (secondary N) is 2. The van der Waals surface area contributed by atoms with E-state index in [1.165, 1.54) is 6.26 Å². The zero-order chi connectivity index (χ0) is 13.4. The van der Waals surface area contributed by atoms with E-state index in [0.717, 1.165) is 13.1 Å². The molecule has 0 bridgehead atoms. The van der Waals surface area contributed by atoms with Crippen LogP contribution < -0.4 is 10.6 Å². The molecule has 0 amide bonds. The second kappa shape index (κ2) is 9.18. The molecular formula is C11H21IN4O2S. The molecule has 6 nitrogen and oxygen atoms in total. The zero-order valence-electron chi connectivity index (χ0n) is 11.2. The van der Waals surface area contributed by atoms with Gasteiger partial charge in [-0.2, -0.15) is 0 Å². The van der Waals surface area contributed by atoms with Crippen LogP contribution in [0.3, 0.4) is 0 Å². The summed E-state index contributed by atoms with van der Waals surface area (Å²) in [6.45, 7) is 1.93. The minimum atomic E-state index is -2.93. The zero-order valence-corrected chi connectivity index (χ0v) is 14.3. The maximum Gasteiger partial charge on any atom is 0.191 e. The summed E-state index contributed by atoms with van der Waals surface area (Å²) in [5.41, 5.74) is 0. The maximum absolute atomic E-state index is 11.0. The average Bonchev–Trinajstić information content (AvgIpc) is 2.78. The minimum Gasteiger partial charge on any atom is -0.355 e. The number of aromatic nitrogens is 1. The first-order valence-electron chi connectivity index (χ1n) is 5.74. The molecule has 0 aliphatic heterocycles. The van der Waals surface area contributed by atoms with Crippen LogP contribution in [0, 0.1) is 0 Å². The molecule has 1 rings (SSSR count). The van der Waals surface area contributed by atoms with E-state index in [0.29, 0.717) is 12.5 Å². The monoisotopic (exact) mass is 400 g/mol. The van der Waals surface area contributed by atoms with Gasteiger partial charge in [-0.25, -0.2) is 8.42 Å². The van der Waals surface area contributed by atoms with E-state index in [2.05, 4.69) is 20.2 Å². The van der Waals surface area contributed by atoms with Crippen LogP contribution in [0.25, 0.3) is 0 Å². The molecular weight excluding hydrogens is 379 g/mol. The smallest absolute Gasteiger partial charge is 0.191 e. The van der Waals surface area contributed by atoms with E-state index in [4.69, 9.17) is 0 Å². The van der Waals surface area contributed by atoms with Gasteiger partial charge in [0.15, 0.2) is 5.96 Å². The Hall–Kier alpha value is -0.770. The van der Waals surface area contributed by atoms with E-state index in [-0.39, 0.29) is 29.7 Å². The summed E-state index contributed by atoms with van der Waals surface area (Å²) in [5.74, 6) is 0.719. The highest BCUT2D eigenvalue weighted by molar-refractivity contribution is 14.0. The topological polar surface area (TPSA) is 75.5 Å². The normalized spacial score (nSPS) is 11.8. The third-order valence-electron chi connectivity index (χ3n) is 2.32. The fourth-order valence-corrected chi connectivity index (χ4v) is 1.87. The predicted molar refractivity (Wildman–Crippen MR) is 88.9 cm³/mol. The number of hydrogen-bond acceptors (Lipinski definition) is 3. The van der Waals surface area contributed by atoms with Gasteiger partial charge in [0.2, 0.25) is 0 Å². The van der Waals surface area contributed by atoms with Gasteiger partial charge in [-0.15, -0.1) is 24.0 Å². The molecule has 0 unspecified atom stereocenters. The lowest BCUT2D eigenvalue weighted by molar-refractivity contribution is 0.600. The molecule has 0 aliphatic carbocycles. The Balaban J connectivity index is 0.00000324. The van der Waals surface area contributed by atoms with Crippen LogP contribution >= 0.6 is 24.0 Å². The molecule has 0 aromatic carbocycles. The first-order chi connectivity index (χ1) is 8.51. The fraction of sp³-hybridized carbons (Fsp3) is 0.545. The molecule has 1 aromatic rings. The average molecular weight is 400 g/mol. The lowest BCUT2D eigenvalue weighted by Gasteiger charge is -2.11. The van der Waals surface area contributed by atoms with Crippen molar-refractivity contribution in [3.05, 3.63) is 24.5 Å². The number of aliphatic imine (C=N–C) groups is 1. The van der Waals surface area contributed by atoms with Gasteiger partial charge in [-0.05, 0) is 12.1 Å². The van der Waals surface area contributed by atoms with Crippen molar-refractivity contribution in [2.24, 2.45) is 4.99 Å². The van der Waals surface area contributed by atoms with Crippen LogP contribution in [-0.2, 0) is 16.4 Å². The number of rotatable bonds is 6. The fourth-order valence-electron chi connectivity index (χ4n) is 1.40. The van der Waals surface area contributed by atoms with Crippen molar-refractivity contribution < 1.29 is 8.42 Å². The highest BCUT2D eigenvalue weighted by Gasteiger charge is 2.02. The largest absolute Gasteiger partial charge is 0.355 e. The standard InChI is InChI=1S/C11H20N4O2S.HI/c1-12-11(14-6-10-18(2,16)17)13-5-9-15-7-3-4-8-15;/h3-4,7-8H,5-6,9-10H2,1-2H3,(H2,12,13,14);1H. The molecule has 2 N–H and O–H groups in total. The number of hydrogen-bond donors (Lipinski definition) is 2. The van der Waals surface area contributed by atoms with Crippen molar-refractivity contribution >= 4 is 39.8 Å². The van der Waals surface area contributed by atoms with E-state index >= 15 is 0 Å². The van der Waals surface area contributed by atoms with Gasteiger partial charge in [0.25, 0.3) is 0 Å². The van der Waals surface area contributed by atoms with Crippen LogP contribution in [0.4, 0.5) is 0 Å². The lowest BCUT2D eigenvalue weighted by Crippen LogP contribution is -2.40. The van der Waals surface area contributed by atoms with Crippen molar-refractivity contribution in [3.8, 4) is 0 Å². The molecule has 0 aliphatic rings. The summed E-state index contributed by atoms with van der Waals surface area (Å²) in [6, 6.07) is 3.94. The van der Waals surface area contributed by atoms with Gasteiger partial charge < -0.3 is 15.2 Å². The molecule has 8 heteroatoms. The third-order valence-corrected chi connectivity index (χ3v) is 3.26. The second-order valence-electron chi connectivity index (χ2n) is 3.98. The molecule has 0 fully saturated rings. The van der Waals surface area contributed by atoms with E-state index in [9.17, 15) is 8.42 Å². The Bertz CT molecular complexity index is 471. The van der Waals surface area contributed by atoms with Crippen molar-refractivity contribution in [1.82, 2.24) is 15.2 Å². The van der Waals surface area contributed by atoms with Crippen LogP contribution in [0.5, 0.6) is 0 Å². The SMILES string of the molecule is CN=C(NCCn1cccc1)NCCS(C)(=O)=O.I. The van der Waals surface area contributed by atoms with Crippen LogP contribution in [0.2, 0.25) is 0 Å². The summed E-state index contributed by atoms with van der Waals surface area (Å²) in [6.07, 6.45) is 5.19. The minimum absolute atomic E-state index is 0. The Kier molecular flexibility index (Phi) is 8.81. The van der Waals surface area contributed by atoms with Gasteiger partial charge in [0, 0.05) is 45.3 Å². The Morgan fingerprint density at radius 3 is 2.32 bits per heavy atom. The molecule has 0 saturated heterocycles. The first-order valence-corrected chi connectivity index (χ1v) is 7.80. The van der Waals surface area contributed by atoms with Crippen molar-refractivity contribution in [1.29, 1.82) is 0 Å². The van der Waals surface area contributed by atoms with E-state index < -0.39 is 9.84 Å². The Morgan fingerprint density at radius 2 is 1.79 bits per heavy atom. The van der Waals surface area contributed by atoms with Crippen LogP contribution in [0.1, 0.15) is 0 Å². The summed E-state index contributed by atoms with van der Waals surface area (Å²) < 4.78 is 24.0. The quantitative estimate of drug-likeness (QED) is 0.410. The van der Waals surface area contributed by atoms with Gasteiger partial charge in [0.1, 0.15) is 9.84 Å². The molecule has 1 heterocycles. The molecule has 0 radical (unpaired) electrons. The van der Waals surface area contributed by atoms with Gasteiger partial charge in [0.05, 0.1) is 5.75 Å². The highest BCUT2D eigenvalue weighted by Crippen LogP contribution is 1.88. The van der Waals surface area contributed by atoms with Crippen molar-refractivity contribution in [2.45, 2.75) is 6.54 Å². The van der Waals surface area contributed by atoms with Gasteiger partial charge in [-0.1, -0.05) is 0 Å². The number of halogens is 1. The highest BCUT2D eigenvalue weighted by atomic mass is 127. The van der Waals surface area contributed by atoms with Gasteiger partial charge >= 0.3 is 0 Å². The summed E-state index contributed by atoms with van der Waals surface area (Å²) >= 11 is 0. The van der Waals surface area contributed by atoms with Crippen molar-refractivity contribution in [3.63, 3.8) is 0 Å². The summed E-state index contributed by atoms with van der Waals surface area (Å²) in [7, 11) is -1.28. The molecule has 19 heavy (non-hydrogen) atoms. The predicted octanol–water partition coefficient (Wildman–Crippen LogP) is 0.316. The third kappa shape index (κ3) is 8.87. The summed E-state index contributed by atoms with van der Waals surface area (Å²) in [5, 5.41) is 6.07. The van der Waals surface area contributed by atoms with E-state index in [1.54, 1.807) is 7.05 Å². The Labute approximate surface area is 131 Å². The molecule has 110 valence electrons.